The molecule has 2 aliphatic carbocycles. The first-order valence-corrected chi connectivity index (χ1v) is 6.91. The van der Waals surface area contributed by atoms with E-state index >= 15 is 0 Å². The summed E-state index contributed by atoms with van der Waals surface area (Å²) in [6.45, 7) is 4.81. The van der Waals surface area contributed by atoms with Crippen LogP contribution in [0.15, 0.2) is 12.1 Å². The van der Waals surface area contributed by atoms with Crippen LogP contribution in [-0.2, 0) is 12.8 Å². The minimum atomic E-state index is 0.790. The van der Waals surface area contributed by atoms with Crippen molar-refractivity contribution in [2.45, 2.75) is 64.2 Å². The zero-order valence-corrected chi connectivity index (χ0v) is 10.6. The average Bonchev–Trinajstić information content (AvgIpc) is 2.32. The van der Waals surface area contributed by atoms with E-state index in [1.54, 1.807) is 22.3 Å². The van der Waals surface area contributed by atoms with Gasteiger partial charge >= 0.3 is 0 Å². The van der Waals surface area contributed by atoms with Crippen LogP contribution < -0.4 is 0 Å². The fourth-order valence-electron chi connectivity index (χ4n) is 3.49. The third kappa shape index (κ3) is 1.59. The lowest BCUT2D eigenvalue weighted by Gasteiger charge is -2.30. The Morgan fingerprint density at radius 2 is 1.25 bits per heavy atom. The lowest BCUT2D eigenvalue weighted by molar-refractivity contribution is 0.524. The number of hydrogen-bond donors (Lipinski definition) is 0. The minimum absolute atomic E-state index is 0.790. The predicted molar refractivity (Wildman–Crippen MR) is 69.1 cm³/mol. The molecule has 1 aromatic carbocycles. The molecule has 0 fully saturated rings. The largest absolute Gasteiger partial charge is 0.0584 e. The number of benzene rings is 1. The van der Waals surface area contributed by atoms with E-state index in [4.69, 9.17) is 0 Å². The third-order valence-corrected chi connectivity index (χ3v) is 4.64. The Balaban J connectivity index is 2.11. The first-order valence-electron chi connectivity index (χ1n) is 6.91. The van der Waals surface area contributed by atoms with Gasteiger partial charge in [0.15, 0.2) is 0 Å². The molecule has 0 aromatic heterocycles. The molecule has 0 bridgehead atoms. The molecule has 2 aliphatic rings. The second-order valence-corrected chi connectivity index (χ2v) is 5.84. The van der Waals surface area contributed by atoms with Crippen LogP contribution >= 0.6 is 0 Å². The standard InChI is InChI=1S/C16H22/c1-11-7-8-12(2)16-10-14-6-4-3-5-13(14)9-15(11)16/h9-12H,3-8H2,1-2H3. The highest BCUT2D eigenvalue weighted by Crippen LogP contribution is 2.40. The van der Waals surface area contributed by atoms with Crippen molar-refractivity contribution < 1.29 is 0 Å². The smallest absolute Gasteiger partial charge is 0.0187 e. The van der Waals surface area contributed by atoms with Crippen LogP contribution in [0.3, 0.4) is 0 Å². The normalized spacial score (nSPS) is 28.4. The third-order valence-electron chi connectivity index (χ3n) is 4.64. The summed E-state index contributed by atoms with van der Waals surface area (Å²) in [5, 5.41) is 0. The van der Waals surface area contributed by atoms with Crippen molar-refractivity contribution in [1.29, 1.82) is 0 Å². The van der Waals surface area contributed by atoms with Crippen LogP contribution in [0.25, 0.3) is 0 Å². The highest BCUT2D eigenvalue weighted by Gasteiger charge is 2.24. The quantitative estimate of drug-likeness (QED) is 0.593. The molecule has 0 heteroatoms. The Bertz CT molecular complexity index is 364. The van der Waals surface area contributed by atoms with Gasteiger partial charge in [0.2, 0.25) is 0 Å². The number of hydrogen-bond acceptors (Lipinski definition) is 0. The SMILES string of the molecule is CC1CCC(C)c2cc3c(cc21)CCCC3. The van der Waals surface area contributed by atoms with E-state index in [-0.39, 0.29) is 0 Å². The van der Waals surface area contributed by atoms with Gasteiger partial charge in [0.1, 0.15) is 0 Å². The van der Waals surface area contributed by atoms with Gasteiger partial charge in [0.25, 0.3) is 0 Å². The lowest BCUT2D eigenvalue weighted by atomic mass is 9.75. The molecule has 2 unspecified atom stereocenters. The van der Waals surface area contributed by atoms with Gasteiger partial charge in [-0.25, -0.2) is 0 Å². The van der Waals surface area contributed by atoms with E-state index in [1.165, 1.54) is 38.5 Å². The molecule has 0 spiro atoms. The molecular weight excluding hydrogens is 192 g/mol. The monoisotopic (exact) mass is 214 g/mol. The van der Waals surface area contributed by atoms with Crippen LogP contribution in [-0.4, -0.2) is 0 Å². The van der Waals surface area contributed by atoms with E-state index in [0.717, 1.165) is 11.8 Å². The number of aryl methyl sites for hydroxylation is 2. The molecule has 0 N–H and O–H groups in total. The molecule has 0 amide bonds. The van der Waals surface area contributed by atoms with Crippen LogP contribution in [0.1, 0.15) is 73.6 Å². The summed E-state index contributed by atoms with van der Waals surface area (Å²) in [5.74, 6) is 1.58. The highest BCUT2D eigenvalue weighted by atomic mass is 14.3. The number of fused-ring (bicyclic) bond motifs is 2. The molecule has 0 saturated carbocycles. The van der Waals surface area contributed by atoms with Crippen molar-refractivity contribution in [3.8, 4) is 0 Å². The zero-order valence-electron chi connectivity index (χ0n) is 10.6. The van der Waals surface area contributed by atoms with Crippen molar-refractivity contribution >= 4 is 0 Å². The molecule has 0 heterocycles. The Kier molecular flexibility index (Phi) is 2.53. The Hall–Kier alpha value is -0.780. The predicted octanol–water partition coefficient (Wildman–Crippen LogP) is 4.57. The molecule has 3 rings (SSSR count). The Morgan fingerprint density at radius 1 is 0.812 bits per heavy atom. The molecule has 0 saturated heterocycles. The van der Waals surface area contributed by atoms with E-state index in [0.29, 0.717) is 0 Å². The summed E-state index contributed by atoms with van der Waals surface area (Å²) in [6, 6.07) is 5.09. The summed E-state index contributed by atoms with van der Waals surface area (Å²) >= 11 is 0. The average molecular weight is 214 g/mol. The van der Waals surface area contributed by atoms with Gasteiger partial charge < -0.3 is 0 Å². The fourth-order valence-corrected chi connectivity index (χ4v) is 3.49. The first kappa shape index (κ1) is 10.4. The summed E-state index contributed by atoms with van der Waals surface area (Å²) in [6.07, 6.45) is 8.21. The Labute approximate surface area is 99.1 Å². The molecular formula is C16H22. The van der Waals surface area contributed by atoms with Gasteiger partial charge in [0.05, 0.1) is 0 Å². The molecule has 16 heavy (non-hydrogen) atoms. The second-order valence-electron chi connectivity index (χ2n) is 5.84. The lowest BCUT2D eigenvalue weighted by Crippen LogP contribution is -2.14. The first-order chi connectivity index (χ1) is 7.75. The number of rotatable bonds is 0. The van der Waals surface area contributed by atoms with Crippen LogP contribution in [0.4, 0.5) is 0 Å². The summed E-state index contributed by atoms with van der Waals surface area (Å²) < 4.78 is 0. The fraction of sp³-hybridized carbons (Fsp3) is 0.625. The molecule has 0 radical (unpaired) electrons. The van der Waals surface area contributed by atoms with Gasteiger partial charge in [-0.05, 0) is 72.6 Å². The molecule has 0 aliphatic heterocycles. The van der Waals surface area contributed by atoms with Gasteiger partial charge in [0, 0.05) is 0 Å². The van der Waals surface area contributed by atoms with Crippen molar-refractivity contribution in [2.24, 2.45) is 0 Å². The van der Waals surface area contributed by atoms with Gasteiger partial charge in [-0.2, -0.15) is 0 Å². The van der Waals surface area contributed by atoms with Crippen molar-refractivity contribution in [2.75, 3.05) is 0 Å². The van der Waals surface area contributed by atoms with E-state index in [9.17, 15) is 0 Å². The molecule has 86 valence electrons. The van der Waals surface area contributed by atoms with Crippen LogP contribution in [0.5, 0.6) is 0 Å². The molecule has 2 atom stereocenters. The van der Waals surface area contributed by atoms with Gasteiger partial charge in [-0.3, -0.25) is 0 Å². The molecule has 0 nitrogen and oxygen atoms in total. The zero-order chi connectivity index (χ0) is 11.1. The van der Waals surface area contributed by atoms with Gasteiger partial charge in [-0.15, -0.1) is 0 Å². The second kappa shape index (κ2) is 3.91. The van der Waals surface area contributed by atoms with Crippen molar-refractivity contribution in [1.82, 2.24) is 0 Å². The van der Waals surface area contributed by atoms with Crippen LogP contribution in [0, 0.1) is 0 Å². The maximum Gasteiger partial charge on any atom is -0.0187 e. The Morgan fingerprint density at radius 3 is 1.69 bits per heavy atom. The summed E-state index contributed by atoms with van der Waals surface area (Å²) in [7, 11) is 0. The van der Waals surface area contributed by atoms with Gasteiger partial charge in [-0.1, -0.05) is 26.0 Å². The highest BCUT2D eigenvalue weighted by molar-refractivity contribution is 5.44. The molecule has 1 aromatic rings. The minimum Gasteiger partial charge on any atom is -0.0584 e. The maximum atomic E-state index is 2.55. The van der Waals surface area contributed by atoms with Crippen molar-refractivity contribution in [3.05, 3.63) is 34.4 Å². The van der Waals surface area contributed by atoms with Crippen molar-refractivity contribution in [3.63, 3.8) is 0 Å². The van der Waals surface area contributed by atoms with E-state index in [2.05, 4.69) is 26.0 Å². The van der Waals surface area contributed by atoms with E-state index < -0.39 is 0 Å². The van der Waals surface area contributed by atoms with Crippen LogP contribution in [0.2, 0.25) is 0 Å². The maximum absolute atomic E-state index is 2.55. The summed E-state index contributed by atoms with van der Waals surface area (Å²) in [5.41, 5.74) is 6.65. The van der Waals surface area contributed by atoms with E-state index in [1.807, 2.05) is 0 Å². The topological polar surface area (TPSA) is 0 Å². The summed E-state index contributed by atoms with van der Waals surface area (Å²) in [4.78, 5) is 0.